The van der Waals surface area contributed by atoms with Crippen LogP contribution in [-0.4, -0.2) is 39.1 Å². The number of rotatable bonds is 7. The van der Waals surface area contributed by atoms with Crippen LogP contribution in [0, 0.1) is 0 Å². The van der Waals surface area contributed by atoms with E-state index in [4.69, 9.17) is 4.74 Å². The van der Waals surface area contributed by atoms with Crippen LogP contribution >= 0.6 is 11.8 Å². The second-order valence-electron chi connectivity index (χ2n) is 6.61. The van der Waals surface area contributed by atoms with Crippen LogP contribution in [0.4, 0.5) is 0 Å². The van der Waals surface area contributed by atoms with E-state index in [0.717, 1.165) is 48.0 Å². The molecule has 3 aromatic rings. The molecule has 6 nitrogen and oxygen atoms in total. The normalized spacial score (nSPS) is 14.0. The lowest BCUT2D eigenvalue weighted by Crippen LogP contribution is -2.31. The fourth-order valence-corrected chi connectivity index (χ4v) is 3.82. The Kier molecular flexibility index (Phi) is 5.29. The highest BCUT2D eigenvalue weighted by Gasteiger charge is 2.21. The molecule has 2 aromatic heterocycles. The van der Waals surface area contributed by atoms with E-state index in [1.165, 1.54) is 5.56 Å². The maximum Gasteiger partial charge on any atom is 0.225 e. The molecule has 1 aromatic carbocycles. The lowest BCUT2D eigenvalue weighted by Gasteiger charge is -2.17. The molecule has 0 fully saturated rings. The van der Waals surface area contributed by atoms with Gasteiger partial charge in [0.25, 0.3) is 0 Å². The molecule has 1 N–H and O–H groups in total. The van der Waals surface area contributed by atoms with Gasteiger partial charge in [0, 0.05) is 12.6 Å². The summed E-state index contributed by atoms with van der Waals surface area (Å²) in [6.45, 7) is 0.724. The van der Waals surface area contributed by atoms with E-state index in [-0.39, 0.29) is 11.9 Å². The first-order valence-electron chi connectivity index (χ1n) is 9.07. The van der Waals surface area contributed by atoms with Gasteiger partial charge in [-0.1, -0.05) is 18.2 Å². The van der Waals surface area contributed by atoms with E-state index < -0.39 is 0 Å². The molecule has 0 saturated carbocycles. The average molecular weight is 382 g/mol. The van der Waals surface area contributed by atoms with Gasteiger partial charge in [-0.15, -0.1) is 10.2 Å². The smallest absolute Gasteiger partial charge is 0.225 e. The van der Waals surface area contributed by atoms with E-state index in [0.29, 0.717) is 6.42 Å². The lowest BCUT2D eigenvalue weighted by atomic mass is 10.1. The standard InChI is InChI=1S/C20H22N4O2S/c1-27-11-8-16(20-23-22-18-4-2-3-9-24(18)20)21-19(25)13-14-5-6-15-7-10-26-17(15)12-14/h2-6,9,12,16H,7-8,10-11,13H2,1H3,(H,21,25)/t16-/m1/s1. The summed E-state index contributed by atoms with van der Waals surface area (Å²) in [6, 6.07) is 11.7. The van der Waals surface area contributed by atoms with Gasteiger partial charge < -0.3 is 10.1 Å². The Morgan fingerprint density at radius 1 is 1.33 bits per heavy atom. The zero-order chi connectivity index (χ0) is 18.6. The number of thioether (sulfide) groups is 1. The van der Waals surface area contributed by atoms with Gasteiger partial charge in [-0.25, -0.2) is 0 Å². The molecule has 1 aliphatic rings. The van der Waals surface area contributed by atoms with Crippen molar-refractivity contribution < 1.29 is 9.53 Å². The van der Waals surface area contributed by atoms with Gasteiger partial charge in [-0.05, 0) is 47.8 Å². The predicted octanol–water partition coefficient (Wildman–Crippen LogP) is 2.82. The van der Waals surface area contributed by atoms with Gasteiger partial charge in [0.1, 0.15) is 5.75 Å². The molecule has 1 aliphatic heterocycles. The van der Waals surface area contributed by atoms with Crippen molar-refractivity contribution in [1.29, 1.82) is 0 Å². The fraction of sp³-hybridized carbons (Fsp3) is 0.350. The van der Waals surface area contributed by atoms with Crippen molar-refractivity contribution in [2.45, 2.75) is 25.3 Å². The average Bonchev–Trinajstić information content (AvgIpc) is 3.31. The molecule has 140 valence electrons. The molecule has 7 heteroatoms. The molecule has 4 rings (SSSR count). The van der Waals surface area contributed by atoms with Crippen molar-refractivity contribution in [1.82, 2.24) is 19.9 Å². The van der Waals surface area contributed by atoms with E-state index in [1.54, 1.807) is 11.8 Å². The van der Waals surface area contributed by atoms with Crippen LogP contribution in [0.2, 0.25) is 0 Å². The highest BCUT2D eigenvalue weighted by atomic mass is 32.2. The van der Waals surface area contributed by atoms with Gasteiger partial charge >= 0.3 is 0 Å². The minimum atomic E-state index is -0.173. The van der Waals surface area contributed by atoms with Crippen molar-refractivity contribution in [2.24, 2.45) is 0 Å². The molecule has 0 spiro atoms. The number of amides is 1. The summed E-state index contributed by atoms with van der Waals surface area (Å²) in [7, 11) is 0. The highest BCUT2D eigenvalue weighted by molar-refractivity contribution is 7.98. The maximum atomic E-state index is 12.7. The van der Waals surface area contributed by atoms with Crippen LogP contribution in [-0.2, 0) is 17.6 Å². The molecule has 0 bridgehead atoms. The number of benzene rings is 1. The number of carbonyl (C=O) groups excluding carboxylic acids is 1. The Balaban J connectivity index is 1.50. The molecule has 0 unspecified atom stereocenters. The molecule has 1 amide bonds. The third-order valence-corrected chi connectivity index (χ3v) is 5.37. The summed E-state index contributed by atoms with van der Waals surface area (Å²) < 4.78 is 7.54. The van der Waals surface area contributed by atoms with Gasteiger partial charge in [-0.2, -0.15) is 11.8 Å². The molecule has 0 radical (unpaired) electrons. The zero-order valence-electron chi connectivity index (χ0n) is 15.2. The fourth-order valence-electron chi connectivity index (χ4n) is 3.35. The monoisotopic (exact) mass is 382 g/mol. The third kappa shape index (κ3) is 3.93. The minimum Gasteiger partial charge on any atom is -0.493 e. The molecule has 0 aliphatic carbocycles. The lowest BCUT2D eigenvalue weighted by molar-refractivity contribution is -0.121. The van der Waals surface area contributed by atoms with Gasteiger partial charge in [-0.3, -0.25) is 9.20 Å². The SMILES string of the molecule is CSCC[C@@H](NC(=O)Cc1ccc2c(c1)OCC2)c1nnc2ccccn12. The Morgan fingerprint density at radius 3 is 3.15 bits per heavy atom. The van der Waals surface area contributed by atoms with Crippen LogP contribution < -0.4 is 10.1 Å². The predicted molar refractivity (Wildman–Crippen MR) is 106 cm³/mol. The Hall–Kier alpha value is -2.54. The number of nitrogens with one attached hydrogen (secondary N) is 1. The Labute approximate surface area is 162 Å². The highest BCUT2D eigenvalue weighted by Crippen LogP contribution is 2.26. The molecular formula is C20H22N4O2S. The van der Waals surface area contributed by atoms with Gasteiger partial charge in [0.15, 0.2) is 11.5 Å². The van der Waals surface area contributed by atoms with E-state index in [9.17, 15) is 4.79 Å². The number of aromatic nitrogens is 3. The molecular weight excluding hydrogens is 360 g/mol. The largest absolute Gasteiger partial charge is 0.493 e. The second-order valence-corrected chi connectivity index (χ2v) is 7.59. The van der Waals surface area contributed by atoms with Crippen molar-refractivity contribution in [3.8, 4) is 5.75 Å². The zero-order valence-corrected chi connectivity index (χ0v) is 16.0. The van der Waals surface area contributed by atoms with Crippen molar-refractivity contribution >= 4 is 23.3 Å². The minimum absolute atomic E-state index is 0.0215. The first-order valence-corrected chi connectivity index (χ1v) is 10.5. The topological polar surface area (TPSA) is 68.5 Å². The number of pyridine rings is 1. The Morgan fingerprint density at radius 2 is 2.26 bits per heavy atom. The van der Waals surface area contributed by atoms with Crippen molar-refractivity contribution in [3.63, 3.8) is 0 Å². The third-order valence-electron chi connectivity index (χ3n) is 4.72. The number of hydrogen-bond donors (Lipinski definition) is 1. The van der Waals surface area contributed by atoms with Crippen LogP contribution in [0.3, 0.4) is 0 Å². The van der Waals surface area contributed by atoms with Crippen LogP contribution in [0.5, 0.6) is 5.75 Å². The van der Waals surface area contributed by atoms with Gasteiger partial charge in [0.2, 0.25) is 5.91 Å². The van der Waals surface area contributed by atoms with Crippen molar-refractivity contribution in [2.75, 3.05) is 18.6 Å². The van der Waals surface area contributed by atoms with Crippen molar-refractivity contribution in [3.05, 3.63) is 59.5 Å². The van der Waals surface area contributed by atoms with E-state index in [2.05, 4.69) is 27.8 Å². The number of fused-ring (bicyclic) bond motifs is 2. The Bertz CT molecular complexity index is 956. The molecule has 0 saturated heterocycles. The number of hydrogen-bond acceptors (Lipinski definition) is 5. The second kappa shape index (κ2) is 8.00. The van der Waals surface area contributed by atoms with Crippen LogP contribution in [0.1, 0.15) is 29.4 Å². The molecule has 3 heterocycles. The quantitative estimate of drug-likeness (QED) is 0.681. The molecule has 1 atom stereocenters. The van der Waals surface area contributed by atoms with E-state index >= 15 is 0 Å². The van der Waals surface area contributed by atoms with Gasteiger partial charge in [0.05, 0.1) is 19.1 Å². The van der Waals surface area contributed by atoms with E-state index in [1.807, 2.05) is 40.9 Å². The first-order chi connectivity index (χ1) is 13.2. The number of carbonyl (C=O) groups is 1. The molecule has 27 heavy (non-hydrogen) atoms. The summed E-state index contributed by atoms with van der Waals surface area (Å²) in [5.74, 6) is 2.58. The summed E-state index contributed by atoms with van der Waals surface area (Å²) in [5.41, 5.74) is 2.96. The summed E-state index contributed by atoms with van der Waals surface area (Å²) in [4.78, 5) is 12.7. The summed E-state index contributed by atoms with van der Waals surface area (Å²) >= 11 is 1.75. The summed E-state index contributed by atoms with van der Waals surface area (Å²) in [5, 5.41) is 11.7. The first kappa shape index (κ1) is 17.9. The number of nitrogens with zero attached hydrogens (tertiary/aromatic N) is 3. The maximum absolute atomic E-state index is 12.7. The summed E-state index contributed by atoms with van der Waals surface area (Å²) in [6.07, 6.45) is 6.06. The van der Waals surface area contributed by atoms with Crippen LogP contribution in [0.25, 0.3) is 5.65 Å². The van der Waals surface area contributed by atoms with Crippen LogP contribution in [0.15, 0.2) is 42.6 Å². The number of ether oxygens (including phenoxy) is 1.